The monoisotopic (exact) mass is 463 g/mol. The minimum Gasteiger partial charge on any atom is -0.503 e. The van der Waals surface area contributed by atoms with E-state index in [2.05, 4.69) is 5.16 Å². The molecule has 1 atom stereocenters. The number of benzene rings is 2. The van der Waals surface area contributed by atoms with Crippen molar-refractivity contribution in [3.05, 3.63) is 70.6 Å². The Bertz CT molecular complexity index is 1360. The number of carbonyl (C=O) groups excluding carboxylic acids is 1. The zero-order chi connectivity index (χ0) is 23.1. The zero-order valence-electron chi connectivity index (χ0n) is 18.2. The number of para-hydroxylation sites is 1. The van der Waals surface area contributed by atoms with Crippen LogP contribution in [-0.2, 0) is 4.79 Å². The molecule has 1 aliphatic heterocycles. The third-order valence-electron chi connectivity index (χ3n) is 5.40. The topological polar surface area (TPSA) is 97.9 Å². The van der Waals surface area contributed by atoms with E-state index in [0.717, 1.165) is 10.2 Å². The number of fused-ring (bicyclic) bond motifs is 1. The molecule has 168 valence electrons. The molecule has 5 rings (SSSR count). The molecule has 8 nitrogen and oxygen atoms in total. The molecule has 0 saturated heterocycles. The van der Waals surface area contributed by atoms with E-state index in [1.54, 1.807) is 32.2 Å². The van der Waals surface area contributed by atoms with Crippen molar-refractivity contribution < 1.29 is 23.9 Å². The van der Waals surface area contributed by atoms with E-state index in [1.807, 2.05) is 37.3 Å². The number of ether oxygens (including phenoxy) is 2. The van der Waals surface area contributed by atoms with Crippen molar-refractivity contribution in [1.82, 2.24) is 10.1 Å². The van der Waals surface area contributed by atoms with Crippen LogP contribution < -0.4 is 14.4 Å². The molecule has 9 heteroatoms. The van der Waals surface area contributed by atoms with Gasteiger partial charge >= 0.3 is 0 Å². The van der Waals surface area contributed by atoms with E-state index >= 15 is 0 Å². The third kappa shape index (κ3) is 3.50. The first-order valence-corrected chi connectivity index (χ1v) is 11.2. The molecule has 1 amide bonds. The molecule has 0 bridgehead atoms. The third-order valence-corrected chi connectivity index (χ3v) is 6.47. The molecule has 0 unspecified atom stereocenters. The molecule has 4 aromatic rings. The Hall–Kier alpha value is -3.85. The number of thiazole rings is 1. The van der Waals surface area contributed by atoms with E-state index in [9.17, 15) is 9.90 Å². The number of amides is 1. The summed E-state index contributed by atoms with van der Waals surface area (Å²) in [6, 6.07) is 14.1. The number of aromatic nitrogens is 2. The molecule has 0 spiro atoms. The summed E-state index contributed by atoms with van der Waals surface area (Å²) >= 11 is 1.41. The van der Waals surface area contributed by atoms with E-state index in [1.165, 1.54) is 16.2 Å². The van der Waals surface area contributed by atoms with Crippen LogP contribution in [-0.4, -0.2) is 34.9 Å². The SMILES string of the molecule is CCOc1ccc([C@@H]2C(c3nc4ccccc4s3)=C(O)C(=O)N2c2cc(C)on2)cc1OC. The molecule has 0 aliphatic carbocycles. The second-order valence-corrected chi connectivity index (χ2v) is 8.50. The second-order valence-electron chi connectivity index (χ2n) is 7.47. The lowest BCUT2D eigenvalue weighted by Gasteiger charge is -2.25. The molecule has 0 fully saturated rings. The molecule has 0 saturated carbocycles. The summed E-state index contributed by atoms with van der Waals surface area (Å²) in [5.74, 6) is 1.02. The van der Waals surface area contributed by atoms with Gasteiger partial charge in [-0.15, -0.1) is 11.3 Å². The summed E-state index contributed by atoms with van der Waals surface area (Å²) in [5, 5.41) is 15.6. The van der Waals surface area contributed by atoms with Gasteiger partial charge in [-0.05, 0) is 43.7 Å². The number of hydrogen-bond acceptors (Lipinski definition) is 8. The van der Waals surface area contributed by atoms with Crippen LogP contribution >= 0.6 is 11.3 Å². The van der Waals surface area contributed by atoms with Crippen LogP contribution in [0.3, 0.4) is 0 Å². The molecular formula is C24H21N3O5S. The normalized spacial score (nSPS) is 16.2. The van der Waals surface area contributed by atoms with Crippen molar-refractivity contribution in [1.29, 1.82) is 0 Å². The quantitative estimate of drug-likeness (QED) is 0.427. The number of aliphatic hydroxyl groups is 1. The first-order valence-electron chi connectivity index (χ1n) is 10.4. The van der Waals surface area contributed by atoms with Crippen LogP contribution in [0.4, 0.5) is 5.82 Å². The van der Waals surface area contributed by atoms with Crippen molar-refractivity contribution in [2.24, 2.45) is 0 Å². The number of carbonyl (C=O) groups is 1. The van der Waals surface area contributed by atoms with Gasteiger partial charge in [-0.3, -0.25) is 9.69 Å². The fourth-order valence-corrected chi connectivity index (χ4v) is 4.99. The molecule has 33 heavy (non-hydrogen) atoms. The highest BCUT2D eigenvalue weighted by molar-refractivity contribution is 7.19. The van der Waals surface area contributed by atoms with E-state index in [4.69, 9.17) is 19.0 Å². The Morgan fingerprint density at radius 1 is 1.18 bits per heavy atom. The molecule has 0 radical (unpaired) electrons. The van der Waals surface area contributed by atoms with Gasteiger partial charge in [-0.1, -0.05) is 23.4 Å². The number of aliphatic hydroxyl groups excluding tert-OH is 1. The lowest BCUT2D eigenvalue weighted by atomic mass is 9.99. The number of anilines is 1. The standard InChI is InChI=1S/C24H21N3O5S/c1-4-31-16-10-9-14(12-17(16)30-3)21-20(23-25-15-7-5-6-8-18(15)33-23)22(28)24(29)27(21)19-11-13(2)32-26-19/h5-12,21,28H,4H2,1-3H3/t21-/m1/s1. The van der Waals surface area contributed by atoms with Crippen molar-refractivity contribution in [3.63, 3.8) is 0 Å². The minimum atomic E-state index is -0.688. The maximum atomic E-state index is 13.3. The second kappa shape index (κ2) is 8.25. The molecular weight excluding hydrogens is 442 g/mol. The van der Waals surface area contributed by atoms with E-state index in [-0.39, 0.29) is 5.76 Å². The van der Waals surface area contributed by atoms with Gasteiger partial charge in [0, 0.05) is 6.07 Å². The van der Waals surface area contributed by atoms with Gasteiger partial charge in [0.15, 0.2) is 23.1 Å². The first kappa shape index (κ1) is 21.0. The van der Waals surface area contributed by atoms with Crippen molar-refractivity contribution in [3.8, 4) is 11.5 Å². The Morgan fingerprint density at radius 3 is 2.70 bits per heavy atom. The number of nitrogens with zero attached hydrogens (tertiary/aromatic N) is 3. The fourth-order valence-electron chi connectivity index (χ4n) is 3.96. The van der Waals surface area contributed by atoms with E-state index < -0.39 is 11.9 Å². The number of methoxy groups -OCH3 is 1. The van der Waals surface area contributed by atoms with Gasteiger partial charge in [0.25, 0.3) is 5.91 Å². The summed E-state index contributed by atoms with van der Waals surface area (Å²) in [5.41, 5.74) is 1.92. The van der Waals surface area contributed by atoms with Crippen LogP contribution in [0.1, 0.15) is 29.3 Å². The lowest BCUT2D eigenvalue weighted by Crippen LogP contribution is -2.30. The van der Waals surface area contributed by atoms with Crippen LogP contribution in [0.15, 0.2) is 58.8 Å². The van der Waals surface area contributed by atoms with Gasteiger partial charge in [-0.2, -0.15) is 0 Å². The van der Waals surface area contributed by atoms with Gasteiger partial charge in [0.05, 0.1) is 35.5 Å². The number of aryl methyl sites for hydroxylation is 1. The molecule has 1 N–H and O–H groups in total. The van der Waals surface area contributed by atoms with Crippen LogP contribution in [0.2, 0.25) is 0 Å². The average molecular weight is 464 g/mol. The van der Waals surface area contributed by atoms with Gasteiger partial charge in [0.2, 0.25) is 0 Å². The van der Waals surface area contributed by atoms with Crippen molar-refractivity contribution in [2.45, 2.75) is 19.9 Å². The highest BCUT2D eigenvalue weighted by atomic mass is 32.1. The molecule has 1 aliphatic rings. The van der Waals surface area contributed by atoms with Gasteiger partial charge in [-0.25, -0.2) is 4.98 Å². The Labute approximate surface area is 193 Å². The minimum absolute atomic E-state index is 0.304. The summed E-state index contributed by atoms with van der Waals surface area (Å²) in [6.45, 7) is 4.12. The highest BCUT2D eigenvalue weighted by Gasteiger charge is 2.44. The van der Waals surface area contributed by atoms with E-state index in [0.29, 0.717) is 45.8 Å². The Kier molecular flexibility index (Phi) is 5.26. The predicted octanol–water partition coefficient (Wildman–Crippen LogP) is 5.06. The average Bonchev–Trinajstić information content (AvgIpc) is 3.50. The summed E-state index contributed by atoms with van der Waals surface area (Å²) < 4.78 is 17.4. The molecule has 2 aromatic heterocycles. The van der Waals surface area contributed by atoms with Gasteiger partial charge in [0.1, 0.15) is 10.8 Å². The van der Waals surface area contributed by atoms with Crippen molar-refractivity contribution >= 4 is 38.9 Å². The summed E-state index contributed by atoms with van der Waals surface area (Å²) in [4.78, 5) is 19.4. The predicted molar refractivity (Wildman–Crippen MR) is 125 cm³/mol. The van der Waals surface area contributed by atoms with Crippen LogP contribution in [0, 0.1) is 6.92 Å². The van der Waals surface area contributed by atoms with Gasteiger partial charge < -0.3 is 19.1 Å². The number of hydrogen-bond donors (Lipinski definition) is 1. The fraction of sp³-hybridized carbons (Fsp3) is 0.208. The Balaban J connectivity index is 1.70. The van der Waals surface area contributed by atoms with Crippen LogP contribution in [0.5, 0.6) is 11.5 Å². The number of rotatable bonds is 6. The lowest BCUT2D eigenvalue weighted by molar-refractivity contribution is -0.117. The molecule has 3 heterocycles. The van der Waals surface area contributed by atoms with Crippen LogP contribution in [0.25, 0.3) is 15.8 Å². The highest BCUT2D eigenvalue weighted by Crippen LogP contribution is 2.48. The summed E-state index contributed by atoms with van der Waals surface area (Å²) in [7, 11) is 1.56. The van der Waals surface area contributed by atoms with Crippen molar-refractivity contribution in [2.75, 3.05) is 18.6 Å². The maximum absolute atomic E-state index is 13.3. The largest absolute Gasteiger partial charge is 0.503 e. The zero-order valence-corrected chi connectivity index (χ0v) is 19.0. The first-order chi connectivity index (χ1) is 16.0. The summed E-state index contributed by atoms with van der Waals surface area (Å²) in [6.07, 6.45) is 0. The Morgan fingerprint density at radius 2 is 2.00 bits per heavy atom. The smallest absolute Gasteiger partial charge is 0.295 e. The maximum Gasteiger partial charge on any atom is 0.295 e. The molecule has 2 aromatic carbocycles.